The molecule has 5 nitrogen and oxygen atoms in total. The maximum atomic E-state index is 12.8. The molecule has 142 valence electrons. The Kier molecular flexibility index (Phi) is 4.97. The molecular weight excluding hydrogens is 381 g/mol. The highest BCUT2D eigenvalue weighted by Crippen LogP contribution is 2.36. The lowest BCUT2D eigenvalue weighted by atomic mass is 10.0. The lowest BCUT2D eigenvalue weighted by Gasteiger charge is -2.09. The minimum Gasteiger partial charge on any atom is -0.337 e. The molecule has 1 heterocycles. The summed E-state index contributed by atoms with van der Waals surface area (Å²) in [7, 11) is -3.93. The van der Waals surface area contributed by atoms with Gasteiger partial charge in [-0.2, -0.15) is 13.2 Å². The van der Waals surface area contributed by atoms with Crippen molar-refractivity contribution in [2.75, 3.05) is 4.72 Å². The second-order valence-corrected chi connectivity index (χ2v) is 7.36. The third-order valence-electron chi connectivity index (χ3n) is 3.88. The molecule has 1 N–H and O–H groups in total. The molecule has 3 rings (SSSR count). The van der Waals surface area contributed by atoms with Gasteiger partial charge < -0.3 is 4.52 Å². The SMILES string of the molecule is CCc1noc(NS(=O)(=O)c2ccccc2)c1-c1ccc(C(F)(F)F)cc1. The number of hydrogen-bond acceptors (Lipinski definition) is 4. The normalized spacial score (nSPS) is 12.1. The van der Waals surface area contributed by atoms with Crippen molar-refractivity contribution in [3.8, 4) is 11.1 Å². The molecule has 0 radical (unpaired) electrons. The Morgan fingerprint density at radius 1 is 1.04 bits per heavy atom. The van der Waals surface area contributed by atoms with Gasteiger partial charge in [0.1, 0.15) is 0 Å². The van der Waals surface area contributed by atoms with E-state index in [0.29, 0.717) is 23.2 Å². The van der Waals surface area contributed by atoms with Gasteiger partial charge in [-0.25, -0.2) is 13.1 Å². The molecular formula is C18H15F3N2O3S. The molecule has 0 saturated carbocycles. The van der Waals surface area contributed by atoms with Crippen molar-refractivity contribution in [1.29, 1.82) is 0 Å². The van der Waals surface area contributed by atoms with Crippen molar-refractivity contribution in [2.45, 2.75) is 24.4 Å². The lowest BCUT2D eigenvalue weighted by Crippen LogP contribution is -2.13. The number of nitrogens with zero attached hydrogens (tertiary/aromatic N) is 1. The van der Waals surface area contributed by atoms with E-state index in [4.69, 9.17) is 4.52 Å². The first kappa shape index (κ1) is 19.0. The zero-order chi connectivity index (χ0) is 19.7. The molecule has 9 heteroatoms. The number of anilines is 1. The van der Waals surface area contributed by atoms with Gasteiger partial charge in [-0.05, 0) is 36.2 Å². The van der Waals surface area contributed by atoms with Crippen molar-refractivity contribution in [3.05, 3.63) is 65.9 Å². The number of benzene rings is 2. The van der Waals surface area contributed by atoms with E-state index in [9.17, 15) is 21.6 Å². The summed E-state index contributed by atoms with van der Waals surface area (Å²) in [4.78, 5) is 0.0258. The number of nitrogens with one attached hydrogen (secondary N) is 1. The average molecular weight is 396 g/mol. The molecule has 0 aliphatic heterocycles. The second-order valence-electron chi connectivity index (χ2n) is 5.68. The van der Waals surface area contributed by atoms with Crippen molar-refractivity contribution in [1.82, 2.24) is 5.16 Å². The first-order chi connectivity index (χ1) is 12.7. The summed E-state index contributed by atoms with van der Waals surface area (Å²) >= 11 is 0. The fourth-order valence-corrected chi connectivity index (χ4v) is 3.55. The summed E-state index contributed by atoms with van der Waals surface area (Å²) in [6.45, 7) is 1.78. The maximum Gasteiger partial charge on any atom is 0.416 e. The Morgan fingerprint density at radius 2 is 1.67 bits per heavy atom. The van der Waals surface area contributed by atoms with Crippen LogP contribution in [0.15, 0.2) is 64.0 Å². The number of aryl methyl sites for hydroxylation is 1. The first-order valence-electron chi connectivity index (χ1n) is 7.96. The predicted octanol–water partition coefficient (Wildman–Crippen LogP) is 4.72. The third-order valence-corrected chi connectivity index (χ3v) is 5.23. The molecule has 2 aromatic carbocycles. The highest BCUT2D eigenvalue weighted by atomic mass is 32.2. The molecule has 0 spiro atoms. The van der Waals surface area contributed by atoms with Gasteiger partial charge in [-0.1, -0.05) is 42.4 Å². The monoisotopic (exact) mass is 396 g/mol. The summed E-state index contributed by atoms with van der Waals surface area (Å²) in [5.74, 6) is -0.143. The van der Waals surface area contributed by atoms with Gasteiger partial charge in [-0.3, -0.25) is 0 Å². The number of alkyl halides is 3. The molecule has 0 atom stereocenters. The molecule has 3 aromatic rings. The molecule has 0 unspecified atom stereocenters. The van der Waals surface area contributed by atoms with E-state index in [0.717, 1.165) is 12.1 Å². The Bertz CT molecular complexity index is 1030. The van der Waals surface area contributed by atoms with Crippen LogP contribution in [0.4, 0.5) is 19.1 Å². The fraction of sp³-hybridized carbons (Fsp3) is 0.167. The van der Waals surface area contributed by atoms with Gasteiger partial charge >= 0.3 is 6.18 Å². The van der Waals surface area contributed by atoms with Gasteiger partial charge in [0.2, 0.25) is 5.88 Å². The Hall–Kier alpha value is -2.81. The zero-order valence-corrected chi connectivity index (χ0v) is 14.9. The minimum atomic E-state index is -4.46. The Balaban J connectivity index is 2.01. The largest absolute Gasteiger partial charge is 0.416 e. The summed E-state index contributed by atoms with van der Waals surface area (Å²) in [5, 5.41) is 3.84. The highest BCUT2D eigenvalue weighted by Gasteiger charge is 2.30. The smallest absolute Gasteiger partial charge is 0.337 e. The fourth-order valence-electron chi connectivity index (χ4n) is 2.54. The lowest BCUT2D eigenvalue weighted by molar-refractivity contribution is -0.137. The van der Waals surface area contributed by atoms with Crippen LogP contribution in [0, 0.1) is 0 Å². The van der Waals surface area contributed by atoms with E-state index in [-0.39, 0.29) is 10.8 Å². The maximum absolute atomic E-state index is 12.8. The van der Waals surface area contributed by atoms with Gasteiger partial charge in [0.15, 0.2) is 0 Å². The number of hydrogen-bond donors (Lipinski definition) is 1. The molecule has 27 heavy (non-hydrogen) atoms. The standard InChI is InChI=1S/C18H15F3N2O3S/c1-2-15-16(12-8-10-13(11-9-12)18(19,20)21)17(26-22-15)23-27(24,25)14-6-4-3-5-7-14/h3-11,23H,2H2,1H3. The number of rotatable bonds is 5. The number of aromatic nitrogens is 1. The molecule has 0 saturated heterocycles. The van der Waals surface area contributed by atoms with Crippen LogP contribution >= 0.6 is 0 Å². The van der Waals surface area contributed by atoms with Crippen molar-refractivity contribution >= 4 is 15.9 Å². The molecule has 0 bridgehead atoms. The highest BCUT2D eigenvalue weighted by molar-refractivity contribution is 7.92. The zero-order valence-electron chi connectivity index (χ0n) is 14.1. The average Bonchev–Trinajstić information content (AvgIpc) is 3.03. The number of halogens is 3. The van der Waals surface area contributed by atoms with Gasteiger partial charge in [-0.15, -0.1) is 0 Å². The number of sulfonamides is 1. The van der Waals surface area contributed by atoms with E-state index in [2.05, 4.69) is 9.88 Å². The first-order valence-corrected chi connectivity index (χ1v) is 9.44. The molecule has 0 amide bonds. The van der Waals surface area contributed by atoms with E-state index in [1.165, 1.54) is 24.3 Å². The topological polar surface area (TPSA) is 72.2 Å². The van der Waals surface area contributed by atoms with Crippen LogP contribution in [0.1, 0.15) is 18.2 Å². The van der Waals surface area contributed by atoms with Crippen LogP contribution in [-0.4, -0.2) is 13.6 Å². The summed E-state index contributed by atoms with van der Waals surface area (Å²) in [6.07, 6.45) is -4.05. The van der Waals surface area contributed by atoms with E-state index < -0.39 is 21.8 Å². The van der Waals surface area contributed by atoms with Gasteiger partial charge in [0, 0.05) is 0 Å². The predicted molar refractivity (Wildman–Crippen MR) is 93.6 cm³/mol. The Labute approximate surface area is 153 Å². The minimum absolute atomic E-state index is 0.0258. The van der Waals surface area contributed by atoms with E-state index in [1.807, 2.05) is 0 Å². The van der Waals surface area contributed by atoms with Gasteiger partial charge in [0.25, 0.3) is 10.0 Å². The molecule has 1 aromatic heterocycles. The summed E-state index contributed by atoms with van der Waals surface area (Å²) in [5.41, 5.74) is 0.310. The molecule has 0 aliphatic carbocycles. The van der Waals surface area contributed by atoms with Crippen molar-refractivity contribution in [3.63, 3.8) is 0 Å². The summed E-state index contributed by atoms with van der Waals surface area (Å²) < 4.78 is 70.8. The van der Waals surface area contributed by atoms with E-state index in [1.54, 1.807) is 25.1 Å². The van der Waals surface area contributed by atoms with Crippen LogP contribution in [0.25, 0.3) is 11.1 Å². The quantitative estimate of drug-likeness (QED) is 0.677. The van der Waals surface area contributed by atoms with Crippen LogP contribution in [-0.2, 0) is 22.6 Å². The molecule has 0 aliphatic rings. The van der Waals surface area contributed by atoms with Crippen molar-refractivity contribution in [2.24, 2.45) is 0 Å². The van der Waals surface area contributed by atoms with E-state index >= 15 is 0 Å². The van der Waals surface area contributed by atoms with Crippen LogP contribution in [0.3, 0.4) is 0 Å². The summed E-state index contributed by atoms with van der Waals surface area (Å²) in [6, 6.07) is 12.0. The Morgan fingerprint density at radius 3 is 2.22 bits per heavy atom. The second kappa shape index (κ2) is 7.07. The van der Waals surface area contributed by atoms with Crippen LogP contribution < -0.4 is 4.72 Å². The third kappa shape index (κ3) is 3.97. The van der Waals surface area contributed by atoms with Gasteiger partial charge in [0.05, 0.1) is 21.7 Å². The van der Waals surface area contributed by atoms with Crippen LogP contribution in [0.5, 0.6) is 0 Å². The molecule has 0 fully saturated rings. The van der Waals surface area contributed by atoms with Crippen LogP contribution in [0.2, 0.25) is 0 Å². The van der Waals surface area contributed by atoms with Crippen molar-refractivity contribution < 1.29 is 26.1 Å².